The first kappa shape index (κ1) is 10.5. The second-order valence-corrected chi connectivity index (χ2v) is 4.36. The number of hydroxylamine groups is 3. The predicted octanol–water partition coefficient (Wildman–Crippen LogP) is 2.40. The van der Waals surface area contributed by atoms with Gasteiger partial charge in [0.25, 0.3) is 0 Å². The normalized spacial score (nSPS) is 30.8. The second-order valence-electron chi connectivity index (χ2n) is 4.36. The highest BCUT2D eigenvalue weighted by atomic mass is 19.2. The van der Waals surface area contributed by atoms with Crippen LogP contribution in [0.25, 0.3) is 0 Å². The molecule has 1 aliphatic rings. The first-order valence-corrected chi connectivity index (χ1v) is 4.98. The minimum absolute atomic E-state index is 0.0580. The van der Waals surface area contributed by atoms with E-state index in [1.54, 1.807) is 13.1 Å². The zero-order valence-corrected chi connectivity index (χ0v) is 8.54. The summed E-state index contributed by atoms with van der Waals surface area (Å²) in [6.07, 6.45) is 0.741. The highest BCUT2D eigenvalue weighted by Crippen LogP contribution is 2.30. The summed E-state index contributed by atoms with van der Waals surface area (Å²) in [6, 6.07) is 3.89. The SMILES string of the molecule is C[N+]1([O-])CCC(c2ccc(F)c(F)c2)C1. The summed E-state index contributed by atoms with van der Waals surface area (Å²) in [5.41, 5.74) is 0.728. The number of quaternary nitrogens is 1. The van der Waals surface area contributed by atoms with Crippen molar-refractivity contribution < 1.29 is 13.4 Å². The summed E-state index contributed by atoms with van der Waals surface area (Å²) in [7, 11) is 1.61. The highest BCUT2D eigenvalue weighted by molar-refractivity contribution is 5.22. The fraction of sp³-hybridized carbons (Fsp3) is 0.455. The third-order valence-corrected chi connectivity index (χ3v) is 2.97. The number of nitrogens with zero attached hydrogens (tertiary/aromatic N) is 1. The van der Waals surface area contributed by atoms with Crippen LogP contribution >= 0.6 is 0 Å². The number of hydrogen-bond acceptors (Lipinski definition) is 1. The molecule has 2 unspecified atom stereocenters. The van der Waals surface area contributed by atoms with Gasteiger partial charge in [0.1, 0.15) is 0 Å². The molecule has 0 N–H and O–H groups in total. The van der Waals surface area contributed by atoms with Gasteiger partial charge < -0.3 is 9.85 Å². The van der Waals surface area contributed by atoms with Crippen LogP contribution in [0.1, 0.15) is 17.9 Å². The Morgan fingerprint density at radius 3 is 2.60 bits per heavy atom. The Bertz CT molecular complexity index is 379. The minimum Gasteiger partial charge on any atom is -0.633 e. The summed E-state index contributed by atoms with van der Waals surface area (Å²) >= 11 is 0. The zero-order chi connectivity index (χ0) is 11.1. The second kappa shape index (κ2) is 3.54. The first-order chi connectivity index (χ1) is 6.98. The summed E-state index contributed by atoms with van der Waals surface area (Å²) in [5.74, 6) is -1.61. The van der Waals surface area contributed by atoms with Gasteiger partial charge in [-0.25, -0.2) is 8.78 Å². The number of likely N-dealkylation sites (N-methyl/N-ethyl adjacent to an activating group) is 1. The molecule has 0 aromatic heterocycles. The van der Waals surface area contributed by atoms with Crippen LogP contribution in [-0.2, 0) is 0 Å². The quantitative estimate of drug-likeness (QED) is 0.519. The van der Waals surface area contributed by atoms with Gasteiger partial charge in [0.05, 0.1) is 20.1 Å². The van der Waals surface area contributed by atoms with E-state index in [9.17, 15) is 14.0 Å². The van der Waals surface area contributed by atoms with Gasteiger partial charge in [0.15, 0.2) is 11.6 Å². The van der Waals surface area contributed by atoms with Crippen LogP contribution in [-0.4, -0.2) is 24.8 Å². The molecule has 82 valence electrons. The van der Waals surface area contributed by atoms with E-state index in [4.69, 9.17) is 0 Å². The maximum absolute atomic E-state index is 13.0. The Hall–Kier alpha value is -1.00. The van der Waals surface area contributed by atoms with Crippen LogP contribution in [0, 0.1) is 16.8 Å². The summed E-state index contributed by atoms with van der Waals surface area (Å²) in [4.78, 5) is 0. The number of benzene rings is 1. The van der Waals surface area contributed by atoms with Crippen LogP contribution in [0.5, 0.6) is 0 Å². The van der Waals surface area contributed by atoms with Gasteiger partial charge >= 0.3 is 0 Å². The Morgan fingerprint density at radius 1 is 1.33 bits per heavy atom. The van der Waals surface area contributed by atoms with E-state index in [1.807, 2.05) is 0 Å². The van der Waals surface area contributed by atoms with Crippen molar-refractivity contribution in [2.24, 2.45) is 0 Å². The highest BCUT2D eigenvalue weighted by Gasteiger charge is 2.29. The van der Waals surface area contributed by atoms with Gasteiger partial charge in [-0.15, -0.1) is 0 Å². The molecule has 1 aromatic rings. The third-order valence-electron chi connectivity index (χ3n) is 2.97. The molecule has 1 heterocycles. The maximum Gasteiger partial charge on any atom is 0.159 e. The van der Waals surface area contributed by atoms with E-state index in [0.717, 1.165) is 18.1 Å². The smallest absolute Gasteiger partial charge is 0.159 e. The van der Waals surface area contributed by atoms with Crippen molar-refractivity contribution in [1.29, 1.82) is 0 Å². The maximum atomic E-state index is 13.0. The van der Waals surface area contributed by atoms with Crippen LogP contribution in [0.2, 0.25) is 0 Å². The van der Waals surface area contributed by atoms with E-state index in [1.165, 1.54) is 6.07 Å². The van der Waals surface area contributed by atoms with E-state index in [0.29, 0.717) is 13.1 Å². The van der Waals surface area contributed by atoms with Gasteiger partial charge in [-0.3, -0.25) is 0 Å². The molecule has 0 bridgehead atoms. The Balaban J connectivity index is 2.21. The van der Waals surface area contributed by atoms with Crippen LogP contribution < -0.4 is 0 Å². The number of hydrogen-bond donors (Lipinski definition) is 0. The number of halogens is 2. The lowest BCUT2D eigenvalue weighted by Gasteiger charge is -2.33. The molecule has 0 saturated carbocycles. The van der Waals surface area contributed by atoms with E-state index >= 15 is 0 Å². The van der Waals surface area contributed by atoms with Crippen LogP contribution in [0.4, 0.5) is 8.78 Å². The van der Waals surface area contributed by atoms with Crippen molar-refractivity contribution in [1.82, 2.24) is 0 Å². The molecule has 0 radical (unpaired) electrons. The Morgan fingerprint density at radius 2 is 2.07 bits per heavy atom. The molecule has 0 amide bonds. The van der Waals surface area contributed by atoms with Crippen molar-refractivity contribution >= 4 is 0 Å². The third kappa shape index (κ3) is 2.16. The van der Waals surface area contributed by atoms with E-state index < -0.39 is 11.6 Å². The molecule has 2 rings (SSSR count). The van der Waals surface area contributed by atoms with Gasteiger partial charge in [-0.2, -0.15) is 0 Å². The van der Waals surface area contributed by atoms with Crippen molar-refractivity contribution in [3.8, 4) is 0 Å². The molecule has 1 fully saturated rings. The fourth-order valence-electron chi connectivity index (χ4n) is 2.12. The topological polar surface area (TPSA) is 23.1 Å². The van der Waals surface area contributed by atoms with Gasteiger partial charge in [-0.1, -0.05) is 6.07 Å². The average Bonchev–Trinajstić information content (AvgIpc) is 2.51. The lowest BCUT2D eigenvalue weighted by molar-refractivity contribution is -0.848. The van der Waals surface area contributed by atoms with Crippen molar-refractivity contribution in [3.05, 3.63) is 40.6 Å². The molecular weight excluding hydrogens is 200 g/mol. The lowest BCUT2D eigenvalue weighted by atomic mass is 9.98. The van der Waals surface area contributed by atoms with Crippen LogP contribution in [0.15, 0.2) is 18.2 Å². The molecule has 0 spiro atoms. The summed E-state index contributed by atoms with van der Waals surface area (Å²) in [5, 5.41) is 11.6. The summed E-state index contributed by atoms with van der Waals surface area (Å²) < 4.78 is 25.4. The van der Waals surface area contributed by atoms with Crippen molar-refractivity contribution in [2.75, 3.05) is 20.1 Å². The molecule has 1 aromatic carbocycles. The van der Waals surface area contributed by atoms with Crippen molar-refractivity contribution in [3.63, 3.8) is 0 Å². The standard InChI is InChI=1S/C11H13F2NO/c1-14(15)5-4-9(7-14)8-2-3-10(12)11(13)6-8/h2-3,6,9H,4-5,7H2,1H3. The van der Waals surface area contributed by atoms with Gasteiger partial charge in [0, 0.05) is 12.3 Å². The zero-order valence-electron chi connectivity index (χ0n) is 8.54. The molecule has 4 heteroatoms. The number of rotatable bonds is 1. The van der Waals surface area contributed by atoms with Gasteiger partial charge in [0.2, 0.25) is 0 Å². The summed E-state index contributed by atoms with van der Waals surface area (Å²) in [6.45, 7) is 0.995. The average molecular weight is 213 g/mol. The molecular formula is C11H13F2NO. The predicted molar refractivity (Wildman–Crippen MR) is 53.0 cm³/mol. The van der Waals surface area contributed by atoms with E-state index in [-0.39, 0.29) is 10.6 Å². The molecule has 15 heavy (non-hydrogen) atoms. The van der Waals surface area contributed by atoms with Gasteiger partial charge in [-0.05, 0) is 17.7 Å². The fourth-order valence-corrected chi connectivity index (χ4v) is 2.12. The molecule has 2 nitrogen and oxygen atoms in total. The monoisotopic (exact) mass is 213 g/mol. The minimum atomic E-state index is -0.837. The van der Waals surface area contributed by atoms with Crippen LogP contribution in [0.3, 0.4) is 0 Å². The largest absolute Gasteiger partial charge is 0.633 e. The van der Waals surface area contributed by atoms with E-state index in [2.05, 4.69) is 0 Å². The van der Waals surface area contributed by atoms with Crippen molar-refractivity contribution in [2.45, 2.75) is 12.3 Å². The molecule has 1 aliphatic heterocycles. The first-order valence-electron chi connectivity index (χ1n) is 4.98. The Kier molecular flexibility index (Phi) is 2.48. The molecule has 1 saturated heterocycles. The molecule has 0 aliphatic carbocycles. The number of likely N-dealkylation sites (tertiary alicyclic amines) is 1. The molecule has 2 atom stereocenters. The Labute approximate surface area is 87.3 Å². The lowest BCUT2D eigenvalue weighted by Crippen LogP contribution is -2.34.